The van der Waals surface area contributed by atoms with Crippen LogP contribution in [-0.2, 0) is 4.79 Å². The van der Waals surface area contributed by atoms with E-state index < -0.39 is 17.8 Å². The summed E-state index contributed by atoms with van der Waals surface area (Å²) in [7, 11) is 2.95. The van der Waals surface area contributed by atoms with Gasteiger partial charge in [0, 0.05) is 61.3 Å². The number of hydrogen-bond acceptors (Lipinski definition) is 9. The van der Waals surface area contributed by atoms with Gasteiger partial charge >= 0.3 is 6.01 Å². The third kappa shape index (κ3) is 13.0. The number of allylic oxidation sites excluding steroid dienone is 2. The minimum atomic E-state index is -0.672. The number of methoxy groups -OCH3 is 2. The van der Waals surface area contributed by atoms with Gasteiger partial charge in [-0.05, 0) is 94.3 Å². The number of hydrogen-bond donors (Lipinski definition) is 1. The highest BCUT2D eigenvalue weighted by molar-refractivity contribution is 6.03. The van der Waals surface area contributed by atoms with Crippen LogP contribution in [0.5, 0.6) is 11.8 Å². The predicted molar refractivity (Wildman–Crippen MR) is 253 cm³/mol. The number of unbranched alkanes of at least 4 members (excludes halogenated alkanes) is 12. The van der Waals surface area contributed by atoms with E-state index in [1.165, 1.54) is 110 Å². The fourth-order valence-corrected chi connectivity index (χ4v) is 9.70. The molecule has 4 aromatic rings. The Hall–Kier alpha value is -4.73. The smallest absolute Gasteiger partial charge is 0.318 e. The average Bonchev–Trinajstić information content (AvgIpc) is 4.01. The van der Waals surface area contributed by atoms with E-state index in [2.05, 4.69) is 55.1 Å². The van der Waals surface area contributed by atoms with Crippen molar-refractivity contribution in [1.29, 1.82) is 0 Å². The van der Waals surface area contributed by atoms with Crippen LogP contribution in [0.3, 0.4) is 0 Å². The van der Waals surface area contributed by atoms with Crippen LogP contribution >= 0.6 is 0 Å². The summed E-state index contributed by atoms with van der Waals surface area (Å²) in [5, 5.41) is 5.05. The van der Waals surface area contributed by atoms with E-state index in [0.29, 0.717) is 58.0 Å². The maximum atomic E-state index is 16.3. The molecule has 4 aliphatic rings. The van der Waals surface area contributed by atoms with Gasteiger partial charge in [0.2, 0.25) is 0 Å². The van der Waals surface area contributed by atoms with Crippen LogP contribution < -0.4 is 19.7 Å². The highest BCUT2D eigenvalue weighted by Crippen LogP contribution is 2.39. The fourth-order valence-electron chi connectivity index (χ4n) is 9.70. The second-order valence-corrected chi connectivity index (χ2v) is 17.8. The largest absolute Gasteiger partial charge is 0.497 e. The highest BCUT2D eigenvalue weighted by atomic mass is 19.1. The monoisotopic (exact) mass is 883 g/mol. The second kappa shape index (κ2) is 25.1. The van der Waals surface area contributed by atoms with Gasteiger partial charge in [0.1, 0.15) is 41.1 Å². The predicted octanol–water partition coefficient (Wildman–Crippen LogP) is 11.5. The number of aromatic nitrogens is 3. The molecule has 4 atom stereocenters. The van der Waals surface area contributed by atoms with Crippen LogP contribution in [0.15, 0.2) is 42.6 Å². The lowest BCUT2D eigenvalue weighted by molar-refractivity contribution is -0.107. The zero-order valence-electron chi connectivity index (χ0n) is 38.4. The van der Waals surface area contributed by atoms with Crippen molar-refractivity contribution in [2.45, 2.75) is 153 Å². The number of nitrogens with one attached hydrogen (secondary N) is 1. The maximum absolute atomic E-state index is 16.3. The Kier molecular flexibility index (Phi) is 19.1. The Morgan fingerprint density at radius 1 is 0.875 bits per heavy atom. The number of nitrogens with zero attached hydrogens (tertiary/aromatic N) is 5. The molecular formula is C52H69F3N6O3. The Balaban J connectivity index is 0.000000202. The van der Waals surface area contributed by atoms with Crippen LogP contribution in [0.25, 0.3) is 32.9 Å². The number of anilines is 1. The van der Waals surface area contributed by atoms with Crippen LogP contribution in [0.2, 0.25) is 0 Å². The van der Waals surface area contributed by atoms with Crippen molar-refractivity contribution in [3.63, 3.8) is 0 Å². The summed E-state index contributed by atoms with van der Waals surface area (Å²) in [4.78, 5) is 27.9. The minimum Gasteiger partial charge on any atom is -0.497 e. The third-order valence-corrected chi connectivity index (χ3v) is 13.1. The maximum Gasteiger partial charge on any atom is 0.318 e. The van der Waals surface area contributed by atoms with Gasteiger partial charge in [-0.25, -0.2) is 13.2 Å². The molecule has 4 saturated heterocycles. The minimum absolute atomic E-state index is 0.0133. The molecular weight excluding hydrogens is 814 g/mol. The van der Waals surface area contributed by atoms with Gasteiger partial charge in [0.15, 0.2) is 5.82 Å². The van der Waals surface area contributed by atoms with E-state index in [1.807, 2.05) is 0 Å². The van der Waals surface area contributed by atoms with Crippen LogP contribution in [-0.4, -0.2) is 90.8 Å². The second-order valence-electron chi connectivity index (χ2n) is 17.8. The summed E-state index contributed by atoms with van der Waals surface area (Å²) in [5.41, 5.74) is 0.405. The molecule has 2 bridgehead atoms. The lowest BCUT2D eigenvalue weighted by Crippen LogP contribution is -2.51. The number of aldehydes is 1. The number of halogens is 3. The molecule has 4 fully saturated rings. The first kappa shape index (κ1) is 48.7. The van der Waals surface area contributed by atoms with Crippen molar-refractivity contribution in [3.8, 4) is 35.4 Å². The number of ether oxygens (including phenoxy) is 2. The van der Waals surface area contributed by atoms with Crippen molar-refractivity contribution < 1.29 is 27.4 Å². The number of alkyl halides is 1. The zero-order valence-corrected chi connectivity index (χ0v) is 38.4. The number of carbonyl (C=O) groups excluding carboxylic acids is 1. The van der Waals surface area contributed by atoms with Gasteiger partial charge in [-0.15, -0.1) is 6.42 Å². The number of pyridine rings is 1. The summed E-state index contributed by atoms with van der Waals surface area (Å²) < 4.78 is 54.3. The lowest BCUT2D eigenvalue weighted by atomic mass is 9.95. The van der Waals surface area contributed by atoms with Crippen molar-refractivity contribution in [2.75, 3.05) is 45.3 Å². The first-order chi connectivity index (χ1) is 31.3. The van der Waals surface area contributed by atoms with Crippen molar-refractivity contribution in [1.82, 2.24) is 25.2 Å². The molecule has 4 aliphatic heterocycles. The number of rotatable bonds is 19. The van der Waals surface area contributed by atoms with Gasteiger partial charge in [-0.2, -0.15) is 9.97 Å². The first-order valence-corrected chi connectivity index (χ1v) is 23.9. The molecule has 346 valence electrons. The standard InChI is InChI=1S/C27H23F2N5O2.C18H34O.C7H12FN/c1-4-18-21(28)8-5-14-9-17(35-2)10-19(22(14)18)24-23(29)25-20(11-30-24)26(33-27(32-25)36-3)34-12-15-6-7-16(13-34)31-15;1-2-3-4-5-6-7-8-9-10-11-12-13-14-15-16-17-18-19;8-6-4-7-2-1-3-9(7)5-6/h1,5,8-11,15-16,31H,6-7,12-13H2,2-3H3;9-10,18H,2-8,11-17H2,1H3;6-7H,1-5H2/b;10-9-;/t;;6-,7?/m..1/s1. The Labute approximate surface area is 379 Å². The van der Waals surface area contributed by atoms with Gasteiger partial charge in [-0.1, -0.05) is 82.4 Å². The molecule has 0 spiro atoms. The van der Waals surface area contributed by atoms with E-state index in [9.17, 15) is 13.6 Å². The van der Waals surface area contributed by atoms with E-state index in [-0.39, 0.29) is 22.8 Å². The van der Waals surface area contributed by atoms with Gasteiger partial charge in [-0.3, -0.25) is 9.88 Å². The first-order valence-electron chi connectivity index (χ1n) is 23.9. The molecule has 1 N–H and O–H groups in total. The molecule has 9 nitrogen and oxygen atoms in total. The SMILES string of the molecule is C#Cc1c(F)ccc2cc(OC)cc(-c3ncc4c(N5CC6CCC(C5)N6)nc(OC)nc4c3F)c12.CCCCCCCC/C=C\CCCCCCCC=O.F[C@@H]1CC2CCCN2C1. The van der Waals surface area contributed by atoms with E-state index >= 15 is 4.39 Å². The zero-order chi connectivity index (χ0) is 45.3. The molecule has 12 heteroatoms. The van der Waals surface area contributed by atoms with Crippen molar-refractivity contribution in [2.24, 2.45) is 0 Å². The Bertz CT molecular complexity index is 2170. The fraction of sp³-hybridized carbons (Fsp3) is 0.577. The topological polar surface area (TPSA) is 92.7 Å². The van der Waals surface area contributed by atoms with E-state index in [4.69, 9.17) is 15.9 Å². The summed E-state index contributed by atoms with van der Waals surface area (Å²) in [6, 6.07) is 7.58. The van der Waals surface area contributed by atoms with E-state index in [0.717, 1.165) is 58.0 Å². The normalized spacial score (nSPS) is 20.2. The van der Waals surface area contributed by atoms with Gasteiger partial charge < -0.3 is 24.5 Å². The summed E-state index contributed by atoms with van der Waals surface area (Å²) in [6.07, 6.45) is 35.8. The van der Waals surface area contributed by atoms with Gasteiger partial charge in [0.05, 0.1) is 25.2 Å². The molecule has 0 radical (unpaired) electrons. The van der Waals surface area contributed by atoms with Crippen LogP contribution in [0, 0.1) is 24.0 Å². The van der Waals surface area contributed by atoms with Crippen molar-refractivity contribution in [3.05, 3.63) is 59.8 Å². The quantitative estimate of drug-likeness (QED) is 0.0428. The number of piperazine rings is 1. The Morgan fingerprint density at radius 2 is 1.56 bits per heavy atom. The van der Waals surface area contributed by atoms with Crippen molar-refractivity contribution >= 4 is 33.8 Å². The highest BCUT2D eigenvalue weighted by Gasteiger charge is 2.35. The molecule has 8 rings (SSSR count). The molecule has 2 aromatic heterocycles. The van der Waals surface area contributed by atoms with Crippen LogP contribution in [0.4, 0.5) is 19.0 Å². The molecule has 2 aromatic carbocycles. The molecule has 0 amide bonds. The third-order valence-electron chi connectivity index (χ3n) is 13.1. The van der Waals surface area contributed by atoms with E-state index in [1.54, 1.807) is 24.4 Å². The molecule has 0 aliphatic carbocycles. The average molecular weight is 883 g/mol. The lowest BCUT2D eigenvalue weighted by Gasteiger charge is -2.34. The number of benzene rings is 2. The Morgan fingerprint density at radius 3 is 2.20 bits per heavy atom. The summed E-state index contributed by atoms with van der Waals surface area (Å²) >= 11 is 0. The molecule has 3 unspecified atom stereocenters. The molecule has 0 saturated carbocycles. The molecule has 64 heavy (non-hydrogen) atoms. The number of fused-ring (bicyclic) bond motifs is 5. The van der Waals surface area contributed by atoms with Crippen LogP contribution in [0.1, 0.15) is 134 Å². The summed E-state index contributed by atoms with van der Waals surface area (Å²) in [5.74, 6) is 2.20. The molecule has 6 heterocycles. The number of terminal acetylenes is 1. The summed E-state index contributed by atoms with van der Waals surface area (Å²) in [6.45, 7) is 5.63. The van der Waals surface area contributed by atoms with Gasteiger partial charge in [0.25, 0.3) is 0 Å². The number of carbonyl (C=O) groups is 1.